The van der Waals surface area contributed by atoms with Crippen molar-refractivity contribution in [2.75, 3.05) is 0 Å². The van der Waals surface area contributed by atoms with Crippen LogP contribution in [0.4, 0.5) is 0 Å². The predicted molar refractivity (Wildman–Crippen MR) is 283 cm³/mol. The molecule has 0 unspecified atom stereocenters. The molecule has 0 amide bonds. The summed E-state index contributed by atoms with van der Waals surface area (Å²) in [6, 6.07) is 60.1. The van der Waals surface area contributed by atoms with Crippen LogP contribution in [0.15, 0.2) is 170 Å². The maximum atomic E-state index is 8.28. The molecule has 0 aliphatic carbocycles. The number of benzene rings is 6. The third-order valence-electron chi connectivity index (χ3n) is 12.0. The van der Waals surface area contributed by atoms with Gasteiger partial charge in [0.05, 0.1) is 0 Å². The lowest BCUT2D eigenvalue weighted by molar-refractivity contribution is -0.0810. The molecule has 1 nitrogen and oxygen atoms in total. The van der Waals surface area contributed by atoms with Crippen molar-refractivity contribution in [2.45, 2.75) is 105 Å². The van der Waals surface area contributed by atoms with Crippen molar-refractivity contribution < 1.29 is 4.74 Å². The molecular formula is C54H52Cl10O. The van der Waals surface area contributed by atoms with E-state index in [0.717, 1.165) is 97.6 Å². The summed E-state index contributed by atoms with van der Waals surface area (Å²) < 4.78 is 1.94. The van der Waals surface area contributed by atoms with Gasteiger partial charge in [-0.3, -0.25) is 0 Å². The third kappa shape index (κ3) is 13.3. The Balaban J connectivity index is 1.36. The number of hydrogen-bond donors (Lipinski definition) is 0. The Labute approximate surface area is 435 Å². The maximum absolute atomic E-state index is 8.28. The van der Waals surface area contributed by atoms with Gasteiger partial charge in [-0.05, 0) is 83.0 Å². The summed E-state index contributed by atoms with van der Waals surface area (Å²) in [5, 5.41) is 0. The highest BCUT2D eigenvalue weighted by Gasteiger charge is 2.49. The molecule has 0 fully saturated rings. The largest absolute Gasteiger partial charge is 0.340 e. The van der Waals surface area contributed by atoms with Crippen LogP contribution >= 0.6 is 116 Å². The lowest BCUT2D eigenvalue weighted by Gasteiger charge is -2.46. The summed E-state index contributed by atoms with van der Waals surface area (Å²) in [6.07, 6.45) is 9.94. The van der Waals surface area contributed by atoms with Gasteiger partial charge in [0.15, 0.2) is 8.67 Å². The molecular weight excluding hydrogens is 1020 g/mol. The lowest BCUT2D eigenvalue weighted by atomic mass is 9.75. The van der Waals surface area contributed by atoms with Crippen molar-refractivity contribution in [3.8, 4) is 0 Å². The quantitative estimate of drug-likeness (QED) is 0.0374. The van der Waals surface area contributed by atoms with Crippen molar-refractivity contribution >= 4 is 116 Å². The van der Waals surface area contributed by atoms with E-state index in [9.17, 15) is 0 Å². The minimum Gasteiger partial charge on any atom is -0.340 e. The van der Waals surface area contributed by atoms with Crippen molar-refractivity contribution in [3.05, 3.63) is 214 Å². The predicted octanol–water partition coefficient (Wildman–Crippen LogP) is 19.1. The van der Waals surface area contributed by atoms with E-state index in [0.29, 0.717) is 12.8 Å². The van der Waals surface area contributed by atoms with Gasteiger partial charge in [0.1, 0.15) is 11.2 Å². The lowest BCUT2D eigenvalue weighted by Crippen LogP contribution is -2.44. The van der Waals surface area contributed by atoms with Crippen molar-refractivity contribution in [1.82, 2.24) is 0 Å². The number of rotatable bonds is 22. The molecule has 0 saturated carbocycles. The van der Waals surface area contributed by atoms with E-state index in [1.54, 1.807) is 0 Å². The molecule has 344 valence electrons. The smallest absolute Gasteiger partial charge is 0.223 e. The summed E-state index contributed by atoms with van der Waals surface area (Å²) >= 11 is 61.2. The van der Waals surface area contributed by atoms with E-state index < -0.39 is 27.5 Å². The van der Waals surface area contributed by atoms with Gasteiger partial charge < -0.3 is 4.74 Å². The molecule has 11 heteroatoms. The van der Waals surface area contributed by atoms with Gasteiger partial charge in [-0.15, -0.1) is 0 Å². The Bertz CT molecular complexity index is 2060. The second kappa shape index (κ2) is 23.7. The van der Waals surface area contributed by atoms with Gasteiger partial charge >= 0.3 is 0 Å². The third-order valence-corrected chi connectivity index (χ3v) is 17.0. The van der Waals surface area contributed by atoms with Crippen LogP contribution in [0.2, 0.25) is 0 Å². The molecule has 65 heavy (non-hydrogen) atoms. The molecule has 0 saturated heterocycles. The number of hydrogen-bond acceptors (Lipinski definition) is 1. The summed E-state index contributed by atoms with van der Waals surface area (Å²) in [4.78, 5) is 0. The average Bonchev–Trinajstić information content (AvgIpc) is 3.30. The van der Waals surface area contributed by atoms with Crippen LogP contribution in [-0.2, 0) is 28.8 Å². The van der Waals surface area contributed by atoms with Gasteiger partial charge in [-0.1, -0.05) is 324 Å². The van der Waals surface area contributed by atoms with Crippen molar-refractivity contribution in [2.24, 2.45) is 0 Å². The van der Waals surface area contributed by atoms with Gasteiger partial charge in [0, 0.05) is 0 Å². The molecule has 0 heterocycles. The number of alkyl halides is 10. The summed E-state index contributed by atoms with van der Waals surface area (Å²) in [6.45, 7) is 0. The zero-order valence-corrected chi connectivity index (χ0v) is 43.4. The van der Waals surface area contributed by atoms with E-state index in [1.165, 1.54) is 11.1 Å². The van der Waals surface area contributed by atoms with E-state index in [4.69, 9.17) is 121 Å². The van der Waals surface area contributed by atoms with Crippen LogP contribution in [0.5, 0.6) is 0 Å². The average molecular weight is 1070 g/mol. The fourth-order valence-corrected chi connectivity index (χ4v) is 9.53. The first-order valence-electron chi connectivity index (χ1n) is 22.0. The summed E-state index contributed by atoms with van der Waals surface area (Å²) in [5.74, 6) is 0. The Morgan fingerprint density at radius 1 is 0.277 bits per heavy atom. The Morgan fingerprint density at radius 3 is 0.785 bits per heavy atom. The van der Waals surface area contributed by atoms with Crippen LogP contribution in [-0.4, -0.2) is 16.3 Å². The highest BCUT2D eigenvalue weighted by molar-refractivity contribution is 6.76. The van der Waals surface area contributed by atoms with Crippen LogP contribution in [0.3, 0.4) is 0 Å². The molecule has 0 aliphatic rings. The van der Waals surface area contributed by atoms with E-state index in [1.807, 2.05) is 24.3 Å². The van der Waals surface area contributed by atoms with Crippen LogP contribution in [0.25, 0.3) is 0 Å². The fourth-order valence-electron chi connectivity index (χ4n) is 8.43. The Kier molecular flexibility index (Phi) is 19.1. The first kappa shape index (κ1) is 52.5. The fraction of sp³-hybridized carbons (Fsp3) is 0.333. The minimum absolute atomic E-state index is 0.398. The van der Waals surface area contributed by atoms with E-state index >= 15 is 0 Å². The van der Waals surface area contributed by atoms with Crippen molar-refractivity contribution in [1.29, 1.82) is 0 Å². The van der Waals surface area contributed by atoms with Gasteiger partial charge in [0.25, 0.3) is 0 Å². The SMILES string of the molecule is ClC(Cl)(Cl)C(Cl)(Cl)CCCCCCc1ccc(C(OC(c2ccccc2)(c2ccccc2)c2ccc(CCCCCCC(Cl)(Cl)C(Cl)(Cl)Cl)cc2)(c2ccccc2)c2ccccc2)cc1. The highest BCUT2D eigenvalue weighted by atomic mass is 35.6. The zero-order valence-electron chi connectivity index (χ0n) is 35.8. The normalized spacial score (nSPS) is 13.0. The van der Waals surface area contributed by atoms with E-state index in [-0.39, 0.29) is 0 Å². The van der Waals surface area contributed by atoms with Gasteiger partial charge in [0.2, 0.25) is 7.59 Å². The summed E-state index contributed by atoms with van der Waals surface area (Å²) in [7, 11) is 0. The van der Waals surface area contributed by atoms with Crippen LogP contribution < -0.4 is 0 Å². The second-order valence-corrected chi connectivity index (χ2v) is 24.1. The van der Waals surface area contributed by atoms with Gasteiger partial charge in [-0.25, -0.2) is 0 Å². The number of aryl methyl sites for hydroxylation is 2. The number of halogens is 10. The molecule has 0 aliphatic heterocycles. The standard InChI is InChI=1S/C54H52Cl10O/c55-49(56,53(59,60)61)39-19-3-1-9-21-41-31-35-47(36-32-41)51(43-23-11-5-12-24-43,44-25-13-6-14-26-44)65-52(45-27-15-7-16-28-45,46-29-17-8-18-30-46)48-37-33-42(34-38-48)22-10-2-4-20-40-50(57,58)54(62,63)64/h5-8,11-18,23-38H,1-4,9-10,19-22,39-40H2. The van der Waals surface area contributed by atoms with Crippen molar-refractivity contribution in [3.63, 3.8) is 0 Å². The zero-order chi connectivity index (χ0) is 46.6. The number of ether oxygens (including phenoxy) is 1. The Morgan fingerprint density at radius 2 is 0.523 bits per heavy atom. The molecule has 0 radical (unpaired) electrons. The maximum Gasteiger partial charge on any atom is 0.223 e. The minimum atomic E-state index is -1.74. The first-order valence-corrected chi connectivity index (χ1v) is 25.8. The molecule has 6 rings (SSSR count). The molecule has 0 bridgehead atoms. The second-order valence-electron chi connectivity index (χ2n) is 16.6. The first-order chi connectivity index (χ1) is 31.0. The highest BCUT2D eigenvalue weighted by Crippen LogP contribution is 2.52. The monoisotopic (exact) mass is 1070 g/mol. The van der Waals surface area contributed by atoms with E-state index in [2.05, 4.69) is 146 Å². The molecule has 0 aromatic heterocycles. The molecule has 0 atom stereocenters. The number of unbranched alkanes of at least 4 members (excludes halogenated alkanes) is 6. The molecule has 6 aromatic rings. The topological polar surface area (TPSA) is 9.23 Å². The van der Waals surface area contributed by atoms with Gasteiger partial charge in [-0.2, -0.15) is 0 Å². The molecule has 0 spiro atoms. The Hall–Kier alpha value is -1.82. The molecule has 6 aromatic carbocycles. The summed E-state index contributed by atoms with van der Waals surface area (Å²) in [5.41, 5.74) is 6.34. The van der Waals surface area contributed by atoms with Crippen LogP contribution in [0, 0.1) is 0 Å². The van der Waals surface area contributed by atoms with Crippen LogP contribution in [0.1, 0.15) is 109 Å². The molecule has 0 N–H and O–H groups in total.